The number of rotatable bonds is 4. The van der Waals surface area contributed by atoms with Gasteiger partial charge in [0.2, 0.25) is 0 Å². The van der Waals surface area contributed by atoms with Crippen molar-refractivity contribution in [2.24, 2.45) is 0 Å². The van der Waals surface area contributed by atoms with E-state index in [4.69, 9.17) is 0 Å². The van der Waals surface area contributed by atoms with E-state index < -0.39 is 0 Å². The number of anilines is 1. The number of aromatic nitrogens is 2. The van der Waals surface area contributed by atoms with Gasteiger partial charge in [0.1, 0.15) is 5.82 Å². The fourth-order valence-electron chi connectivity index (χ4n) is 2.46. The Balaban J connectivity index is 1.47. The van der Waals surface area contributed by atoms with Gasteiger partial charge >= 0.3 is 0 Å². The maximum Gasteiger partial charge on any atom is 0.136 e. The molecule has 2 aromatic carbocycles. The van der Waals surface area contributed by atoms with Crippen LogP contribution in [0, 0.1) is 0 Å². The van der Waals surface area contributed by atoms with Crippen molar-refractivity contribution in [3.05, 3.63) is 85.1 Å². The van der Waals surface area contributed by atoms with Gasteiger partial charge < -0.3 is 4.72 Å². The number of pyridine rings is 2. The lowest BCUT2D eigenvalue weighted by Gasteiger charge is -2.07. The standard InChI is InChI=1S/C20H15N3S/c1-2-7-19-15(5-1)10-13-20(22-19)23-24-17-11-8-16(9-12-17)18-6-3-4-14-21-18/h1-14H,(H,22,23). The molecule has 0 unspecified atom stereocenters. The number of hydrogen-bond donors (Lipinski definition) is 1. The van der Waals surface area contributed by atoms with Crippen molar-refractivity contribution >= 4 is 28.7 Å². The molecule has 4 rings (SSSR count). The first-order chi connectivity index (χ1) is 11.9. The van der Waals surface area contributed by atoms with Crippen LogP contribution in [0.25, 0.3) is 22.2 Å². The first-order valence-electron chi connectivity index (χ1n) is 7.69. The summed E-state index contributed by atoms with van der Waals surface area (Å²) in [4.78, 5) is 10.1. The van der Waals surface area contributed by atoms with Crippen LogP contribution in [0.1, 0.15) is 0 Å². The van der Waals surface area contributed by atoms with Crippen molar-refractivity contribution in [3.63, 3.8) is 0 Å². The van der Waals surface area contributed by atoms with Gasteiger partial charge in [-0.2, -0.15) is 0 Å². The van der Waals surface area contributed by atoms with Gasteiger partial charge in [0, 0.05) is 22.0 Å². The lowest BCUT2D eigenvalue weighted by Crippen LogP contribution is -1.91. The molecule has 116 valence electrons. The van der Waals surface area contributed by atoms with E-state index in [1.807, 2.05) is 48.7 Å². The molecule has 4 aromatic rings. The summed E-state index contributed by atoms with van der Waals surface area (Å²) in [5.74, 6) is 0.854. The summed E-state index contributed by atoms with van der Waals surface area (Å²) in [6, 6.07) is 26.5. The van der Waals surface area contributed by atoms with Gasteiger partial charge in [-0.05, 0) is 54.4 Å². The molecule has 2 aromatic heterocycles. The van der Waals surface area contributed by atoms with Crippen LogP contribution in [0.15, 0.2) is 90.0 Å². The molecule has 24 heavy (non-hydrogen) atoms. The van der Waals surface area contributed by atoms with Crippen LogP contribution in [-0.4, -0.2) is 9.97 Å². The summed E-state index contributed by atoms with van der Waals surface area (Å²) in [5.41, 5.74) is 3.09. The highest BCUT2D eigenvalue weighted by molar-refractivity contribution is 8.00. The molecular formula is C20H15N3S. The van der Waals surface area contributed by atoms with Crippen LogP contribution in [0.4, 0.5) is 5.82 Å². The number of para-hydroxylation sites is 1. The molecule has 0 radical (unpaired) electrons. The van der Waals surface area contributed by atoms with E-state index in [2.05, 4.69) is 51.1 Å². The molecule has 0 saturated heterocycles. The van der Waals surface area contributed by atoms with Crippen LogP contribution in [-0.2, 0) is 0 Å². The van der Waals surface area contributed by atoms with E-state index in [1.54, 1.807) is 11.9 Å². The SMILES string of the molecule is c1ccc(-c2ccc(SNc3ccc4ccccc4n3)cc2)nc1. The predicted octanol–water partition coefficient (Wildman–Crippen LogP) is 5.42. The second-order valence-electron chi connectivity index (χ2n) is 5.33. The highest BCUT2D eigenvalue weighted by atomic mass is 32.2. The van der Waals surface area contributed by atoms with Crippen molar-refractivity contribution < 1.29 is 0 Å². The van der Waals surface area contributed by atoms with Crippen LogP contribution in [0.3, 0.4) is 0 Å². The Morgan fingerprint density at radius 2 is 1.58 bits per heavy atom. The minimum absolute atomic E-state index is 0.854. The Hall–Kier alpha value is -2.85. The van der Waals surface area contributed by atoms with E-state index in [-0.39, 0.29) is 0 Å². The van der Waals surface area contributed by atoms with Gasteiger partial charge in [0.25, 0.3) is 0 Å². The van der Waals surface area contributed by atoms with E-state index in [0.29, 0.717) is 0 Å². The fourth-order valence-corrected chi connectivity index (χ4v) is 3.07. The maximum absolute atomic E-state index is 4.61. The van der Waals surface area contributed by atoms with E-state index in [0.717, 1.165) is 32.9 Å². The molecule has 0 spiro atoms. The second kappa shape index (κ2) is 6.72. The first-order valence-corrected chi connectivity index (χ1v) is 8.50. The Morgan fingerprint density at radius 3 is 2.42 bits per heavy atom. The summed E-state index contributed by atoms with van der Waals surface area (Å²) in [6.07, 6.45) is 1.81. The van der Waals surface area contributed by atoms with Gasteiger partial charge in [-0.15, -0.1) is 0 Å². The van der Waals surface area contributed by atoms with Crippen molar-refractivity contribution in [2.75, 3.05) is 4.72 Å². The number of nitrogens with one attached hydrogen (secondary N) is 1. The van der Waals surface area contributed by atoms with Crippen molar-refractivity contribution in [1.82, 2.24) is 9.97 Å². The molecule has 0 atom stereocenters. The number of hydrogen-bond acceptors (Lipinski definition) is 4. The average molecular weight is 329 g/mol. The van der Waals surface area contributed by atoms with Gasteiger partial charge in [0.15, 0.2) is 0 Å². The Morgan fingerprint density at radius 1 is 0.750 bits per heavy atom. The third-order valence-electron chi connectivity index (χ3n) is 3.69. The third-order valence-corrected chi connectivity index (χ3v) is 4.51. The van der Waals surface area contributed by atoms with Crippen LogP contribution >= 0.6 is 11.9 Å². The average Bonchev–Trinajstić information content (AvgIpc) is 2.67. The lowest BCUT2D eigenvalue weighted by atomic mass is 10.1. The van der Waals surface area contributed by atoms with E-state index in [1.165, 1.54) is 0 Å². The number of nitrogens with zero attached hydrogens (tertiary/aromatic N) is 2. The van der Waals surface area contributed by atoms with Gasteiger partial charge in [0.05, 0.1) is 11.2 Å². The summed E-state index contributed by atoms with van der Waals surface area (Å²) in [6.45, 7) is 0. The van der Waals surface area contributed by atoms with Crippen molar-refractivity contribution in [2.45, 2.75) is 4.90 Å². The monoisotopic (exact) mass is 329 g/mol. The highest BCUT2D eigenvalue weighted by Crippen LogP contribution is 2.24. The Labute approximate surface area is 144 Å². The molecule has 2 heterocycles. The lowest BCUT2D eigenvalue weighted by molar-refractivity contribution is 1.32. The molecule has 0 aliphatic carbocycles. The Bertz CT molecular complexity index is 953. The third kappa shape index (κ3) is 3.24. The van der Waals surface area contributed by atoms with Crippen LogP contribution in [0.5, 0.6) is 0 Å². The second-order valence-corrected chi connectivity index (χ2v) is 6.21. The molecule has 0 aliphatic rings. The quantitative estimate of drug-likeness (QED) is 0.508. The largest absolute Gasteiger partial charge is 0.310 e. The van der Waals surface area contributed by atoms with Gasteiger partial charge in [-0.3, -0.25) is 4.98 Å². The zero-order valence-electron chi connectivity index (χ0n) is 12.9. The van der Waals surface area contributed by atoms with Crippen LogP contribution in [0.2, 0.25) is 0 Å². The summed E-state index contributed by atoms with van der Waals surface area (Å²) >= 11 is 1.55. The summed E-state index contributed by atoms with van der Waals surface area (Å²) in [5, 5.41) is 1.15. The smallest absolute Gasteiger partial charge is 0.136 e. The Kier molecular flexibility index (Phi) is 4.13. The van der Waals surface area contributed by atoms with Gasteiger partial charge in [-0.25, -0.2) is 4.98 Å². The predicted molar refractivity (Wildman–Crippen MR) is 101 cm³/mol. The highest BCUT2D eigenvalue weighted by Gasteiger charge is 2.01. The molecule has 0 fully saturated rings. The summed E-state index contributed by atoms with van der Waals surface area (Å²) < 4.78 is 3.30. The van der Waals surface area contributed by atoms with E-state index >= 15 is 0 Å². The molecule has 4 heteroatoms. The molecule has 0 saturated carbocycles. The molecule has 0 bridgehead atoms. The van der Waals surface area contributed by atoms with E-state index in [9.17, 15) is 0 Å². The summed E-state index contributed by atoms with van der Waals surface area (Å²) in [7, 11) is 0. The maximum atomic E-state index is 4.61. The van der Waals surface area contributed by atoms with Crippen LogP contribution < -0.4 is 4.72 Å². The number of benzene rings is 2. The molecule has 1 N–H and O–H groups in total. The fraction of sp³-hybridized carbons (Fsp3) is 0. The first kappa shape index (κ1) is 14.7. The van der Waals surface area contributed by atoms with Crippen molar-refractivity contribution in [1.29, 1.82) is 0 Å². The minimum Gasteiger partial charge on any atom is -0.310 e. The minimum atomic E-state index is 0.854. The number of fused-ring (bicyclic) bond motifs is 1. The topological polar surface area (TPSA) is 37.8 Å². The molecular weight excluding hydrogens is 314 g/mol. The molecule has 3 nitrogen and oxygen atoms in total. The van der Waals surface area contributed by atoms with Gasteiger partial charge in [-0.1, -0.05) is 36.4 Å². The zero-order valence-corrected chi connectivity index (χ0v) is 13.7. The molecule has 0 amide bonds. The van der Waals surface area contributed by atoms with Crippen molar-refractivity contribution in [3.8, 4) is 11.3 Å². The normalized spacial score (nSPS) is 10.7. The zero-order chi connectivity index (χ0) is 16.2. The molecule has 0 aliphatic heterocycles.